The summed E-state index contributed by atoms with van der Waals surface area (Å²) in [6, 6.07) is 10.4. The molecule has 0 fully saturated rings. The monoisotopic (exact) mass is 437 g/mol. The maximum atomic E-state index is 5.26. The minimum absolute atomic E-state index is 0. The van der Waals surface area contributed by atoms with Gasteiger partial charge in [-0.15, -0.1) is 30.4 Å². The molecule has 6 heteroatoms. The van der Waals surface area contributed by atoms with Crippen molar-refractivity contribution in [3.05, 3.63) is 54.1 Å². The highest BCUT2D eigenvalue weighted by molar-refractivity contribution is 14.0. The van der Waals surface area contributed by atoms with Crippen molar-refractivity contribution in [1.29, 1.82) is 0 Å². The van der Waals surface area contributed by atoms with Crippen molar-refractivity contribution in [3.8, 4) is 12.3 Å². The van der Waals surface area contributed by atoms with E-state index in [1.54, 1.807) is 0 Å². The molecular formula is C18H24IN5. The molecular weight excluding hydrogens is 413 g/mol. The van der Waals surface area contributed by atoms with Crippen LogP contribution in [0.3, 0.4) is 0 Å². The fraction of sp³-hybridized carbons (Fsp3) is 0.333. The molecule has 2 aromatic rings. The second kappa shape index (κ2) is 11.5. The zero-order valence-corrected chi connectivity index (χ0v) is 16.2. The summed E-state index contributed by atoms with van der Waals surface area (Å²) in [5.41, 5.74) is 1.26. The Morgan fingerprint density at radius 1 is 1.29 bits per heavy atom. The number of halogens is 1. The van der Waals surface area contributed by atoms with E-state index in [-0.39, 0.29) is 24.0 Å². The Hall–Kier alpha value is -2.01. The summed E-state index contributed by atoms with van der Waals surface area (Å²) in [4.78, 5) is 8.96. The lowest BCUT2D eigenvalue weighted by Crippen LogP contribution is -2.37. The molecule has 0 radical (unpaired) electrons. The summed E-state index contributed by atoms with van der Waals surface area (Å²) in [6.45, 7) is 4.79. The lowest BCUT2D eigenvalue weighted by atomic mass is 10.2. The van der Waals surface area contributed by atoms with Crippen LogP contribution in [0.4, 0.5) is 0 Å². The van der Waals surface area contributed by atoms with Gasteiger partial charge in [0.25, 0.3) is 0 Å². The predicted octanol–water partition coefficient (Wildman–Crippen LogP) is 2.28. The molecule has 1 aromatic carbocycles. The van der Waals surface area contributed by atoms with Gasteiger partial charge < -0.3 is 15.2 Å². The Kier molecular flexibility index (Phi) is 9.61. The number of nitrogens with zero attached hydrogens (tertiary/aromatic N) is 3. The van der Waals surface area contributed by atoms with Gasteiger partial charge in [0.2, 0.25) is 0 Å². The first-order valence-electron chi connectivity index (χ1n) is 7.83. The first kappa shape index (κ1) is 20.0. The zero-order valence-electron chi connectivity index (χ0n) is 13.9. The van der Waals surface area contributed by atoms with Crippen LogP contribution in [0.2, 0.25) is 0 Å². The van der Waals surface area contributed by atoms with Crippen LogP contribution in [0.25, 0.3) is 0 Å². The van der Waals surface area contributed by atoms with Crippen LogP contribution >= 0.6 is 24.0 Å². The molecule has 0 saturated heterocycles. The lowest BCUT2D eigenvalue weighted by Gasteiger charge is -2.09. The number of hydrogen-bond acceptors (Lipinski definition) is 2. The SMILES string of the molecule is C#CCNC(=NCCc1nccn1Cc1ccccc1)NCC.I. The quantitative estimate of drug-likeness (QED) is 0.303. The van der Waals surface area contributed by atoms with Crippen molar-refractivity contribution >= 4 is 29.9 Å². The van der Waals surface area contributed by atoms with Crippen LogP contribution in [0.1, 0.15) is 18.3 Å². The van der Waals surface area contributed by atoms with Crippen molar-refractivity contribution in [2.24, 2.45) is 4.99 Å². The molecule has 1 aromatic heterocycles. The van der Waals surface area contributed by atoms with E-state index < -0.39 is 0 Å². The predicted molar refractivity (Wildman–Crippen MR) is 110 cm³/mol. The van der Waals surface area contributed by atoms with Crippen LogP contribution in [0, 0.1) is 12.3 Å². The standard InChI is InChI=1S/C18H23N5.HI/c1-3-11-21-18(19-4-2)22-12-10-17-20-13-14-23(17)15-16-8-6-5-7-9-16;/h1,5-9,13-14H,4,10-12,15H2,2H3,(H2,19,21,22);1H. The van der Waals surface area contributed by atoms with Crippen LogP contribution in [-0.2, 0) is 13.0 Å². The molecule has 1 heterocycles. The Morgan fingerprint density at radius 2 is 2.08 bits per heavy atom. The molecule has 0 unspecified atom stereocenters. The summed E-state index contributed by atoms with van der Waals surface area (Å²) in [6.07, 6.45) is 9.89. The second-order valence-corrected chi connectivity index (χ2v) is 5.03. The Morgan fingerprint density at radius 3 is 2.79 bits per heavy atom. The number of rotatable bonds is 7. The summed E-state index contributed by atoms with van der Waals surface area (Å²) in [5.74, 6) is 4.32. The summed E-state index contributed by atoms with van der Waals surface area (Å²) in [5, 5.41) is 6.25. The third-order valence-electron chi connectivity index (χ3n) is 3.30. The van der Waals surface area contributed by atoms with Gasteiger partial charge in [0.1, 0.15) is 5.82 Å². The van der Waals surface area contributed by atoms with Gasteiger partial charge in [0.15, 0.2) is 5.96 Å². The average molecular weight is 437 g/mol. The average Bonchev–Trinajstić information content (AvgIpc) is 3.00. The van der Waals surface area contributed by atoms with Gasteiger partial charge in [-0.05, 0) is 12.5 Å². The summed E-state index contributed by atoms with van der Waals surface area (Å²) in [7, 11) is 0. The van der Waals surface area contributed by atoms with Gasteiger partial charge in [-0.2, -0.15) is 0 Å². The topological polar surface area (TPSA) is 54.2 Å². The highest BCUT2D eigenvalue weighted by atomic mass is 127. The molecule has 0 aliphatic heterocycles. The number of aromatic nitrogens is 2. The first-order valence-corrected chi connectivity index (χ1v) is 7.83. The number of benzene rings is 1. The highest BCUT2D eigenvalue weighted by Gasteiger charge is 2.03. The zero-order chi connectivity index (χ0) is 16.3. The molecule has 0 bridgehead atoms. The van der Waals surface area contributed by atoms with Gasteiger partial charge in [-0.1, -0.05) is 36.3 Å². The van der Waals surface area contributed by atoms with E-state index in [9.17, 15) is 0 Å². The van der Waals surface area contributed by atoms with Crippen molar-refractivity contribution < 1.29 is 0 Å². The molecule has 0 aliphatic carbocycles. The fourth-order valence-corrected chi connectivity index (χ4v) is 2.24. The molecule has 24 heavy (non-hydrogen) atoms. The molecule has 0 spiro atoms. The van der Waals surface area contributed by atoms with E-state index in [0.29, 0.717) is 13.1 Å². The van der Waals surface area contributed by atoms with Crippen molar-refractivity contribution in [2.45, 2.75) is 19.9 Å². The smallest absolute Gasteiger partial charge is 0.192 e. The summed E-state index contributed by atoms with van der Waals surface area (Å²) >= 11 is 0. The van der Waals surface area contributed by atoms with Crippen LogP contribution in [-0.4, -0.2) is 35.1 Å². The Balaban J connectivity index is 0.00000288. The normalized spacial score (nSPS) is 10.6. The highest BCUT2D eigenvalue weighted by Crippen LogP contribution is 2.06. The van der Waals surface area contributed by atoms with E-state index in [0.717, 1.165) is 31.3 Å². The van der Waals surface area contributed by atoms with E-state index in [4.69, 9.17) is 6.42 Å². The number of nitrogens with one attached hydrogen (secondary N) is 2. The third-order valence-corrected chi connectivity index (χ3v) is 3.30. The lowest BCUT2D eigenvalue weighted by molar-refractivity contribution is 0.714. The number of guanidine groups is 1. The molecule has 0 amide bonds. The molecule has 2 N–H and O–H groups in total. The molecule has 2 rings (SSSR count). The van der Waals surface area contributed by atoms with Gasteiger partial charge >= 0.3 is 0 Å². The van der Waals surface area contributed by atoms with Gasteiger partial charge in [-0.25, -0.2) is 4.98 Å². The van der Waals surface area contributed by atoms with E-state index >= 15 is 0 Å². The van der Waals surface area contributed by atoms with Crippen LogP contribution < -0.4 is 10.6 Å². The minimum atomic E-state index is 0. The molecule has 0 aliphatic rings. The summed E-state index contributed by atoms with van der Waals surface area (Å²) < 4.78 is 2.16. The molecule has 5 nitrogen and oxygen atoms in total. The van der Waals surface area contributed by atoms with Crippen molar-refractivity contribution in [3.63, 3.8) is 0 Å². The minimum Gasteiger partial charge on any atom is -0.357 e. The largest absolute Gasteiger partial charge is 0.357 e. The van der Waals surface area contributed by atoms with E-state index in [1.165, 1.54) is 5.56 Å². The number of hydrogen-bond donors (Lipinski definition) is 2. The molecule has 0 saturated carbocycles. The van der Waals surface area contributed by atoms with Crippen molar-refractivity contribution in [1.82, 2.24) is 20.2 Å². The molecule has 0 atom stereocenters. The number of imidazole rings is 1. The van der Waals surface area contributed by atoms with E-state index in [2.05, 4.69) is 55.4 Å². The van der Waals surface area contributed by atoms with Gasteiger partial charge in [0, 0.05) is 38.4 Å². The Labute approximate surface area is 161 Å². The Bertz CT molecular complexity index is 658. The van der Waals surface area contributed by atoms with Crippen LogP contribution in [0.5, 0.6) is 0 Å². The maximum absolute atomic E-state index is 5.26. The first-order chi connectivity index (χ1) is 11.3. The van der Waals surface area contributed by atoms with Crippen molar-refractivity contribution in [2.75, 3.05) is 19.6 Å². The van der Waals surface area contributed by atoms with E-state index in [1.807, 2.05) is 25.4 Å². The second-order valence-electron chi connectivity index (χ2n) is 5.03. The number of aliphatic imine (C=N–C) groups is 1. The number of terminal acetylenes is 1. The van der Waals surface area contributed by atoms with Crippen LogP contribution in [0.15, 0.2) is 47.7 Å². The molecule has 128 valence electrons. The fourth-order valence-electron chi connectivity index (χ4n) is 2.24. The third kappa shape index (κ3) is 6.62. The maximum Gasteiger partial charge on any atom is 0.192 e. The van der Waals surface area contributed by atoms with Gasteiger partial charge in [-0.3, -0.25) is 4.99 Å². The van der Waals surface area contributed by atoms with Gasteiger partial charge in [0.05, 0.1) is 6.54 Å².